The summed E-state index contributed by atoms with van der Waals surface area (Å²) >= 11 is 0. The second-order valence-corrected chi connectivity index (χ2v) is 5.11. The van der Waals surface area contributed by atoms with Crippen molar-refractivity contribution in [1.82, 2.24) is 5.43 Å². The summed E-state index contributed by atoms with van der Waals surface area (Å²) in [5, 5.41) is 1.18. The third kappa shape index (κ3) is 3.03. The Bertz CT molecular complexity index is 843. The van der Waals surface area contributed by atoms with Crippen LogP contribution in [0.5, 0.6) is 5.75 Å². The van der Waals surface area contributed by atoms with Crippen molar-refractivity contribution in [2.45, 2.75) is 6.92 Å². The number of nitrogens with one attached hydrogen (secondary N) is 1. The van der Waals surface area contributed by atoms with Crippen LogP contribution in [0.15, 0.2) is 60.2 Å². The van der Waals surface area contributed by atoms with Gasteiger partial charge in [0, 0.05) is 12.5 Å². The Kier molecular flexibility index (Phi) is 4.11. The van der Waals surface area contributed by atoms with Crippen LogP contribution in [0.3, 0.4) is 0 Å². The molecule has 0 spiro atoms. The number of nitrogens with zero attached hydrogens (tertiary/aromatic N) is 1. The lowest BCUT2D eigenvalue weighted by atomic mass is 10.1. The molecule has 1 N–H and O–H groups in total. The molecule has 2 aromatic carbocycles. The smallest absolute Gasteiger partial charge is 0.308 e. The normalized spacial score (nSPS) is 15.5. The zero-order chi connectivity index (χ0) is 17.1. The van der Waals surface area contributed by atoms with Gasteiger partial charge in [-0.05, 0) is 24.3 Å². The standard InChI is InChI=1S/C18H14N2O4/c1-12(21)24-16-10-6-5-7-13(16)11-15-17(22)19-20(18(15)23)14-8-3-2-4-9-14/h2-11H,1H3,(H,19,22)/b15-11-. The molecular formula is C18H14N2O4. The summed E-state index contributed by atoms with van der Waals surface area (Å²) in [4.78, 5) is 35.8. The number of carbonyl (C=O) groups is 3. The number of ether oxygens (including phenoxy) is 1. The number of anilines is 1. The summed E-state index contributed by atoms with van der Waals surface area (Å²) in [5.74, 6) is -1.17. The first-order valence-corrected chi connectivity index (χ1v) is 7.26. The molecule has 1 heterocycles. The first kappa shape index (κ1) is 15.5. The zero-order valence-corrected chi connectivity index (χ0v) is 12.9. The molecule has 0 aliphatic carbocycles. The largest absolute Gasteiger partial charge is 0.426 e. The van der Waals surface area contributed by atoms with Gasteiger partial charge in [-0.3, -0.25) is 19.8 Å². The minimum Gasteiger partial charge on any atom is -0.426 e. The number of para-hydroxylation sites is 2. The van der Waals surface area contributed by atoms with Gasteiger partial charge in [0.1, 0.15) is 11.3 Å². The predicted octanol–water partition coefficient (Wildman–Crippen LogP) is 2.07. The van der Waals surface area contributed by atoms with E-state index < -0.39 is 17.8 Å². The molecule has 1 saturated heterocycles. The summed E-state index contributed by atoms with van der Waals surface area (Å²) in [6.45, 7) is 1.29. The van der Waals surface area contributed by atoms with Crippen molar-refractivity contribution in [3.05, 3.63) is 65.7 Å². The second-order valence-electron chi connectivity index (χ2n) is 5.11. The SMILES string of the molecule is CC(=O)Oc1ccccc1/C=C1/C(=O)NN(c2ccccc2)C1=O. The summed E-state index contributed by atoms with van der Waals surface area (Å²) in [6, 6.07) is 15.5. The van der Waals surface area contributed by atoms with Gasteiger partial charge in [0.05, 0.1) is 5.69 Å². The fraction of sp³-hybridized carbons (Fsp3) is 0.0556. The molecule has 1 fully saturated rings. The van der Waals surface area contributed by atoms with E-state index in [1.165, 1.54) is 18.0 Å². The van der Waals surface area contributed by atoms with Gasteiger partial charge in [-0.15, -0.1) is 0 Å². The van der Waals surface area contributed by atoms with Crippen LogP contribution in [-0.4, -0.2) is 17.8 Å². The lowest BCUT2D eigenvalue weighted by Gasteiger charge is -2.13. The minimum absolute atomic E-state index is 0.0292. The van der Waals surface area contributed by atoms with Gasteiger partial charge < -0.3 is 4.74 Å². The molecule has 2 aromatic rings. The number of hydrazine groups is 1. The van der Waals surface area contributed by atoms with E-state index in [1.807, 2.05) is 6.07 Å². The Labute approximate surface area is 138 Å². The van der Waals surface area contributed by atoms with Crippen molar-refractivity contribution in [2.24, 2.45) is 0 Å². The molecule has 2 amide bonds. The van der Waals surface area contributed by atoms with Crippen LogP contribution >= 0.6 is 0 Å². The van der Waals surface area contributed by atoms with E-state index in [-0.39, 0.29) is 11.3 Å². The molecule has 0 aromatic heterocycles. The molecule has 120 valence electrons. The van der Waals surface area contributed by atoms with Gasteiger partial charge in [-0.25, -0.2) is 5.01 Å². The minimum atomic E-state index is -0.513. The molecule has 6 nitrogen and oxygen atoms in total. The lowest BCUT2D eigenvalue weighted by molar-refractivity contribution is -0.131. The molecule has 0 unspecified atom stereocenters. The molecule has 6 heteroatoms. The van der Waals surface area contributed by atoms with Gasteiger partial charge in [-0.2, -0.15) is 0 Å². The first-order chi connectivity index (χ1) is 11.6. The van der Waals surface area contributed by atoms with Gasteiger partial charge >= 0.3 is 5.97 Å². The highest BCUT2D eigenvalue weighted by molar-refractivity contribution is 6.31. The summed E-state index contributed by atoms with van der Waals surface area (Å²) in [5.41, 5.74) is 3.53. The van der Waals surface area contributed by atoms with Crippen molar-refractivity contribution in [1.29, 1.82) is 0 Å². The number of rotatable bonds is 3. The van der Waals surface area contributed by atoms with Crippen LogP contribution in [-0.2, 0) is 14.4 Å². The van der Waals surface area contributed by atoms with E-state index in [4.69, 9.17) is 4.74 Å². The van der Waals surface area contributed by atoms with Crippen molar-refractivity contribution in [3.8, 4) is 5.75 Å². The molecule has 0 radical (unpaired) electrons. The number of esters is 1. The van der Waals surface area contributed by atoms with E-state index in [9.17, 15) is 14.4 Å². The average molecular weight is 322 g/mol. The molecule has 0 bridgehead atoms. The molecule has 0 saturated carbocycles. The van der Waals surface area contributed by atoms with Crippen molar-refractivity contribution in [2.75, 3.05) is 5.01 Å². The van der Waals surface area contributed by atoms with E-state index in [2.05, 4.69) is 5.43 Å². The van der Waals surface area contributed by atoms with Gasteiger partial charge in [-0.1, -0.05) is 36.4 Å². The average Bonchev–Trinajstić information content (AvgIpc) is 2.85. The molecule has 24 heavy (non-hydrogen) atoms. The lowest BCUT2D eigenvalue weighted by Crippen LogP contribution is -2.35. The highest BCUT2D eigenvalue weighted by Crippen LogP contribution is 2.25. The van der Waals surface area contributed by atoms with Crippen LogP contribution in [0, 0.1) is 0 Å². The van der Waals surface area contributed by atoms with Crippen LogP contribution in [0.4, 0.5) is 5.69 Å². The van der Waals surface area contributed by atoms with E-state index >= 15 is 0 Å². The Balaban J connectivity index is 1.95. The second kappa shape index (κ2) is 6.37. The highest BCUT2D eigenvalue weighted by Gasteiger charge is 2.34. The topological polar surface area (TPSA) is 75.7 Å². The van der Waals surface area contributed by atoms with E-state index in [1.54, 1.807) is 48.5 Å². The van der Waals surface area contributed by atoms with Crippen LogP contribution in [0.25, 0.3) is 6.08 Å². The van der Waals surface area contributed by atoms with Crippen LogP contribution < -0.4 is 15.2 Å². The van der Waals surface area contributed by atoms with Crippen molar-refractivity contribution < 1.29 is 19.1 Å². The highest BCUT2D eigenvalue weighted by atomic mass is 16.5. The number of hydrogen-bond donors (Lipinski definition) is 1. The van der Waals surface area contributed by atoms with Gasteiger partial charge in [0.2, 0.25) is 0 Å². The Morgan fingerprint density at radius 2 is 1.71 bits per heavy atom. The van der Waals surface area contributed by atoms with Crippen molar-refractivity contribution >= 4 is 29.5 Å². The van der Waals surface area contributed by atoms with E-state index in [0.717, 1.165) is 0 Å². The number of carbonyl (C=O) groups excluding carboxylic acids is 3. The maximum Gasteiger partial charge on any atom is 0.308 e. The van der Waals surface area contributed by atoms with Crippen LogP contribution in [0.1, 0.15) is 12.5 Å². The maximum atomic E-state index is 12.5. The first-order valence-electron chi connectivity index (χ1n) is 7.26. The molecule has 1 aliphatic heterocycles. The molecule has 0 atom stereocenters. The maximum absolute atomic E-state index is 12.5. The Morgan fingerprint density at radius 1 is 1.04 bits per heavy atom. The van der Waals surface area contributed by atoms with Gasteiger partial charge in [0.15, 0.2) is 0 Å². The Morgan fingerprint density at radius 3 is 2.42 bits per heavy atom. The van der Waals surface area contributed by atoms with Crippen LogP contribution in [0.2, 0.25) is 0 Å². The number of hydrogen-bond acceptors (Lipinski definition) is 4. The number of amides is 2. The number of benzene rings is 2. The Hall–Kier alpha value is -3.41. The summed E-state index contributed by atoms with van der Waals surface area (Å²) in [6.07, 6.45) is 1.42. The molecule has 3 rings (SSSR count). The third-order valence-corrected chi connectivity index (χ3v) is 3.38. The van der Waals surface area contributed by atoms with E-state index in [0.29, 0.717) is 11.3 Å². The molecular weight excluding hydrogens is 308 g/mol. The molecule has 1 aliphatic rings. The van der Waals surface area contributed by atoms with Crippen molar-refractivity contribution in [3.63, 3.8) is 0 Å². The monoisotopic (exact) mass is 322 g/mol. The quantitative estimate of drug-likeness (QED) is 0.406. The third-order valence-electron chi connectivity index (χ3n) is 3.38. The van der Waals surface area contributed by atoms with Gasteiger partial charge in [0.25, 0.3) is 11.8 Å². The fourth-order valence-electron chi connectivity index (χ4n) is 2.32. The summed E-state index contributed by atoms with van der Waals surface area (Å²) < 4.78 is 5.10. The zero-order valence-electron chi connectivity index (χ0n) is 12.9. The fourth-order valence-corrected chi connectivity index (χ4v) is 2.32. The predicted molar refractivity (Wildman–Crippen MR) is 87.8 cm³/mol. The summed E-state index contributed by atoms with van der Waals surface area (Å²) in [7, 11) is 0.